The van der Waals surface area contributed by atoms with Crippen molar-refractivity contribution in [2.45, 2.75) is 6.54 Å². The average molecular weight is 274 g/mol. The Bertz CT molecular complexity index is 584. The lowest BCUT2D eigenvalue weighted by Gasteiger charge is -2.19. The van der Waals surface area contributed by atoms with Crippen LogP contribution in [-0.4, -0.2) is 39.7 Å². The molecule has 3 rings (SSSR count). The first kappa shape index (κ1) is 12.1. The molecule has 6 heteroatoms. The van der Waals surface area contributed by atoms with E-state index in [0.717, 1.165) is 18.3 Å². The van der Waals surface area contributed by atoms with Crippen LogP contribution in [0, 0.1) is 0 Å². The van der Waals surface area contributed by atoms with Crippen LogP contribution in [-0.2, 0) is 6.54 Å². The van der Waals surface area contributed by atoms with Crippen molar-refractivity contribution in [2.75, 3.05) is 25.0 Å². The van der Waals surface area contributed by atoms with Gasteiger partial charge in [0.1, 0.15) is 0 Å². The minimum absolute atomic E-state index is 0.0427. The zero-order valence-electron chi connectivity index (χ0n) is 10.6. The molecule has 0 bridgehead atoms. The molecule has 0 aliphatic carbocycles. The minimum atomic E-state index is -0.0427. The second-order valence-corrected chi connectivity index (χ2v) is 5.13. The van der Waals surface area contributed by atoms with Gasteiger partial charge in [-0.25, -0.2) is 0 Å². The van der Waals surface area contributed by atoms with E-state index in [1.165, 1.54) is 17.4 Å². The van der Waals surface area contributed by atoms with E-state index in [2.05, 4.69) is 32.8 Å². The normalized spacial score (nSPS) is 15.0. The summed E-state index contributed by atoms with van der Waals surface area (Å²) in [6.45, 7) is 2.14. The lowest BCUT2D eigenvalue weighted by Crippen LogP contribution is -2.34. The van der Waals surface area contributed by atoms with Crippen LogP contribution >= 0.6 is 11.7 Å². The van der Waals surface area contributed by atoms with Crippen LogP contribution < -0.4 is 4.90 Å². The monoisotopic (exact) mass is 274 g/mol. The largest absolute Gasteiger partial charge is 0.373 e. The van der Waals surface area contributed by atoms with E-state index in [-0.39, 0.29) is 5.91 Å². The van der Waals surface area contributed by atoms with Crippen LogP contribution in [0.1, 0.15) is 16.1 Å². The van der Waals surface area contributed by atoms with Crippen LogP contribution in [0.5, 0.6) is 0 Å². The molecule has 0 fully saturated rings. The van der Waals surface area contributed by atoms with Crippen molar-refractivity contribution >= 4 is 23.3 Å². The number of fused-ring (bicyclic) bond motifs is 1. The van der Waals surface area contributed by atoms with Gasteiger partial charge in [0.15, 0.2) is 5.69 Å². The molecule has 0 saturated carbocycles. The molecule has 1 aliphatic rings. The number of anilines is 1. The van der Waals surface area contributed by atoms with Gasteiger partial charge in [0.05, 0.1) is 17.9 Å². The standard InChI is InChI=1S/C13H14N4OS/c1-16-6-7-17(13(18)11-8-14-19-15-11)9-10-4-2-3-5-12(10)16/h2-5,8H,6-7,9H2,1H3. The fraction of sp³-hybridized carbons (Fsp3) is 0.308. The van der Waals surface area contributed by atoms with Crippen molar-refractivity contribution in [3.05, 3.63) is 41.7 Å². The van der Waals surface area contributed by atoms with E-state index in [1.807, 2.05) is 17.0 Å². The van der Waals surface area contributed by atoms with E-state index in [1.54, 1.807) is 0 Å². The maximum Gasteiger partial charge on any atom is 0.275 e. The number of nitrogens with zero attached hydrogens (tertiary/aromatic N) is 4. The summed E-state index contributed by atoms with van der Waals surface area (Å²) in [4.78, 5) is 16.4. The number of carbonyl (C=O) groups excluding carboxylic acids is 1. The van der Waals surface area contributed by atoms with Crippen LogP contribution in [0.4, 0.5) is 5.69 Å². The van der Waals surface area contributed by atoms with Gasteiger partial charge in [-0.3, -0.25) is 4.79 Å². The van der Waals surface area contributed by atoms with Crippen LogP contribution in [0.3, 0.4) is 0 Å². The number of hydrogen-bond donors (Lipinski definition) is 0. The van der Waals surface area contributed by atoms with Gasteiger partial charge in [-0.15, -0.1) is 0 Å². The Morgan fingerprint density at radius 1 is 1.32 bits per heavy atom. The average Bonchev–Trinajstić information content (AvgIpc) is 2.91. The van der Waals surface area contributed by atoms with Crippen LogP contribution in [0.25, 0.3) is 0 Å². The number of rotatable bonds is 1. The lowest BCUT2D eigenvalue weighted by atomic mass is 10.1. The summed E-state index contributed by atoms with van der Waals surface area (Å²) >= 11 is 1.07. The summed E-state index contributed by atoms with van der Waals surface area (Å²) in [6.07, 6.45) is 1.54. The summed E-state index contributed by atoms with van der Waals surface area (Å²) in [6, 6.07) is 8.19. The summed E-state index contributed by atoms with van der Waals surface area (Å²) in [5.74, 6) is -0.0427. The van der Waals surface area contributed by atoms with E-state index in [9.17, 15) is 4.79 Å². The Morgan fingerprint density at radius 3 is 2.95 bits per heavy atom. The first-order valence-corrected chi connectivity index (χ1v) is 6.84. The quantitative estimate of drug-likeness (QED) is 0.793. The zero-order chi connectivity index (χ0) is 13.2. The van der Waals surface area contributed by atoms with E-state index in [0.29, 0.717) is 18.8 Å². The molecule has 1 aromatic carbocycles. The molecule has 2 heterocycles. The summed E-state index contributed by atoms with van der Waals surface area (Å²) in [5.41, 5.74) is 2.79. The Morgan fingerprint density at radius 2 is 2.16 bits per heavy atom. The number of benzene rings is 1. The van der Waals surface area contributed by atoms with E-state index >= 15 is 0 Å². The molecule has 5 nitrogen and oxygen atoms in total. The number of amides is 1. The molecule has 0 unspecified atom stereocenters. The molecular weight excluding hydrogens is 260 g/mol. The molecule has 0 N–H and O–H groups in total. The third-order valence-corrected chi connectivity index (χ3v) is 3.82. The molecule has 1 aliphatic heterocycles. The first-order chi connectivity index (χ1) is 9.25. The maximum absolute atomic E-state index is 12.3. The number of hydrogen-bond acceptors (Lipinski definition) is 5. The number of likely N-dealkylation sites (N-methyl/N-ethyl adjacent to an activating group) is 1. The van der Waals surface area contributed by atoms with Crippen LogP contribution in [0.15, 0.2) is 30.5 Å². The highest BCUT2D eigenvalue weighted by Crippen LogP contribution is 2.24. The van der Waals surface area contributed by atoms with Gasteiger partial charge >= 0.3 is 0 Å². The van der Waals surface area contributed by atoms with E-state index < -0.39 is 0 Å². The second-order valence-electron chi connectivity index (χ2n) is 4.57. The van der Waals surface area contributed by atoms with Gasteiger partial charge in [-0.05, 0) is 11.6 Å². The van der Waals surface area contributed by atoms with Crippen molar-refractivity contribution in [2.24, 2.45) is 0 Å². The third-order valence-electron chi connectivity index (χ3n) is 3.34. The van der Waals surface area contributed by atoms with Gasteiger partial charge in [0.2, 0.25) is 0 Å². The number of aromatic nitrogens is 2. The molecule has 0 radical (unpaired) electrons. The van der Waals surface area contributed by atoms with Gasteiger partial charge in [0.25, 0.3) is 5.91 Å². The fourth-order valence-corrected chi connectivity index (χ4v) is 2.69. The van der Waals surface area contributed by atoms with Gasteiger partial charge in [0, 0.05) is 32.4 Å². The Labute approximate surface area is 115 Å². The number of para-hydroxylation sites is 1. The first-order valence-electron chi connectivity index (χ1n) is 6.11. The Balaban J connectivity index is 1.89. The Kier molecular flexibility index (Phi) is 3.16. The SMILES string of the molecule is CN1CCN(C(=O)c2cnsn2)Cc2ccccc21. The van der Waals surface area contributed by atoms with Crippen molar-refractivity contribution < 1.29 is 4.79 Å². The predicted molar refractivity (Wildman–Crippen MR) is 74.4 cm³/mol. The van der Waals surface area contributed by atoms with Crippen molar-refractivity contribution in [1.82, 2.24) is 13.6 Å². The molecule has 1 aromatic heterocycles. The van der Waals surface area contributed by atoms with Crippen molar-refractivity contribution in [3.8, 4) is 0 Å². The highest BCUT2D eigenvalue weighted by Gasteiger charge is 2.23. The minimum Gasteiger partial charge on any atom is -0.373 e. The second kappa shape index (κ2) is 4.97. The topological polar surface area (TPSA) is 49.3 Å². The van der Waals surface area contributed by atoms with Gasteiger partial charge in [-0.2, -0.15) is 8.75 Å². The molecule has 19 heavy (non-hydrogen) atoms. The predicted octanol–water partition coefficient (Wildman–Crippen LogP) is 1.63. The third kappa shape index (κ3) is 2.31. The van der Waals surface area contributed by atoms with Crippen molar-refractivity contribution in [3.63, 3.8) is 0 Å². The smallest absolute Gasteiger partial charge is 0.275 e. The van der Waals surface area contributed by atoms with Gasteiger partial charge in [-0.1, -0.05) is 18.2 Å². The molecular formula is C13H14N4OS. The van der Waals surface area contributed by atoms with Gasteiger partial charge < -0.3 is 9.80 Å². The molecule has 98 valence electrons. The Hall–Kier alpha value is -1.95. The lowest BCUT2D eigenvalue weighted by molar-refractivity contribution is 0.0747. The fourth-order valence-electron chi connectivity index (χ4n) is 2.29. The van der Waals surface area contributed by atoms with Crippen LogP contribution in [0.2, 0.25) is 0 Å². The van der Waals surface area contributed by atoms with E-state index in [4.69, 9.17) is 0 Å². The summed E-state index contributed by atoms with van der Waals surface area (Å²) < 4.78 is 7.92. The molecule has 0 spiro atoms. The number of carbonyl (C=O) groups is 1. The molecule has 2 aromatic rings. The summed E-state index contributed by atoms with van der Waals surface area (Å²) in [5, 5.41) is 0. The highest BCUT2D eigenvalue weighted by molar-refractivity contribution is 6.99. The van der Waals surface area contributed by atoms with Crippen molar-refractivity contribution in [1.29, 1.82) is 0 Å². The highest BCUT2D eigenvalue weighted by atomic mass is 32.1. The summed E-state index contributed by atoms with van der Waals surface area (Å²) in [7, 11) is 2.05. The molecule has 1 amide bonds. The maximum atomic E-state index is 12.3. The molecule has 0 saturated heterocycles. The molecule has 0 atom stereocenters. The zero-order valence-corrected chi connectivity index (χ0v) is 11.4.